The highest BCUT2D eigenvalue weighted by atomic mass is 31.2. The summed E-state index contributed by atoms with van der Waals surface area (Å²) in [7, 11) is -3.95. The zero-order valence-corrected chi connectivity index (χ0v) is 20.7. The molecule has 2 saturated heterocycles. The fourth-order valence-electron chi connectivity index (χ4n) is 4.17. The lowest BCUT2D eigenvalue weighted by Gasteiger charge is -2.36. The zero-order valence-electron chi connectivity index (χ0n) is 19.8. The Morgan fingerprint density at radius 3 is 2.94 bits per heavy atom. The van der Waals surface area contributed by atoms with Gasteiger partial charge in [-0.25, -0.2) is 19.0 Å². The third kappa shape index (κ3) is 5.34. The summed E-state index contributed by atoms with van der Waals surface area (Å²) < 4.78 is 61.7. The van der Waals surface area contributed by atoms with E-state index >= 15 is 4.39 Å². The minimum atomic E-state index is -3.95. The highest BCUT2D eigenvalue weighted by Gasteiger charge is 2.61. The van der Waals surface area contributed by atoms with Gasteiger partial charge in [-0.1, -0.05) is 0 Å². The van der Waals surface area contributed by atoms with E-state index in [1.807, 2.05) is 0 Å². The lowest BCUT2D eigenvalue weighted by atomic mass is 9.97. The molecule has 196 valence electrons. The van der Waals surface area contributed by atoms with Gasteiger partial charge in [-0.05, 0) is 27.7 Å². The van der Waals surface area contributed by atoms with Crippen LogP contribution in [0.4, 0.5) is 4.39 Å². The van der Waals surface area contributed by atoms with Crippen molar-refractivity contribution in [3.8, 4) is 0 Å². The number of rotatable bonds is 6. The van der Waals surface area contributed by atoms with Crippen LogP contribution >= 0.6 is 7.75 Å². The van der Waals surface area contributed by atoms with E-state index in [2.05, 4.69) is 20.1 Å². The van der Waals surface area contributed by atoms with Gasteiger partial charge in [0, 0.05) is 0 Å². The number of aliphatic imine (C=N–C) groups is 3. The molecule has 0 aliphatic carbocycles. The Bertz CT molecular complexity index is 962. The molecular formula is C19H30FN6O8P. The van der Waals surface area contributed by atoms with Crippen LogP contribution in [-0.4, -0.2) is 98.0 Å². The zero-order chi connectivity index (χ0) is 25.4. The SMILES string of the molecule is CCOC1=NC(N)=NC2C1N=CN2[C@@H]1O[C@@H]2COP(=O)(NCC(=O)OC(C)C)OCOC2[C@]1(C)F. The van der Waals surface area contributed by atoms with Gasteiger partial charge in [0.25, 0.3) is 0 Å². The fraction of sp³-hybridized carbons (Fsp3) is 0.789. The van der Waals surface area contributed by atoms with Crippen LogP contribution in [0.15, 0.2) is 15.0 Å². The van der Waals surface area contributed by atoms with Crippen molar-refractivity contribution in [1.29, 1.82) is 0 Å². The van der Waals surface area contributed by atoms with E-state index in [-0.39, 0.29) is 24.6 Å². The first-order valence-electron chi connectivity index (χ1n) is 11.2. The second-order valence-electron chi connectivity index (χ2n) is 8.62. The van der Waals surface area contributed by atoms with E-state index in [0.717, 1.165) is 0 Å². The van der Waals surface area contributed by atoms with E-state index < -0.39 is 63.4 Å². The van der Waals surface area contributed by atoms with Crippen LogP contribution in [-0.2, 0) is 37.4 Å². The molecule has 16 heteroatoms. The third-order valence-corrected chi connectivity index (χ3v) is 7.08. The van der Waals surface area contributed by atoms with E-state index in [0.29, 0.717) is 6.61 Å². The summed E-state index contributed by atoms with van der Waals surface area (Å²) in [6.07, 6.45) is -2.91. The van der Waals surface area contributed by atoms with Gasteiger partial charge >= 0.3 is 13.7 Å². The summed E-state index contributed by atoms with van der Waals surface area (Å²) in [5.74, 6) is -0.378. The van der Waals surface area contributed by atoms with Crippen molar-refractivity contribution >= 4 is 31.9 Å². The quantitative estimate of drug-likeness (QED) is 0.365. The molecule has 4 aliphatic rings. The number of alkyl halides is 1. The van der Waals surface area contributed by atoms with Crippen LogP contribution in [0.3, 0.4) is 0 Å². The van der Waals surface area contributed by atoms with Crippen LogP contribution in [0.2, 0.25) is 0 Å². The van der Waals surface area contributed by atoms with Crippen LogP contribution in [0, 0.1) is 0 Å². The lowest BCUT2D eigenvalue weighted by Crippen LogP contribution is -2.55. The largest absolute Gasteiger partial charge is 0.479 e. The van der Waals surface area contributed by atoms with Crippen molar-refractivity contribution in [3.63, 3.8) is 0 Å². The van der Waals surface area contributed by atoms with Crippen molar-refractivity contribution in [1.82, 2.24) is 9.99 Å². The number of nitrogens with one attached hydrogen (secondary N) is 1. The van der Waals surface area contributed by atoms with Gasteiger partial charge < -0.3 is 29.6 Å². The minimum Gasteiger partial charge on any atom is -0.479 e. The van der Waals surface area contributed by atoms with Gasteiger partial charge in [-0.2, -0.15) is 4.99 Å². The molecule has 2 fully saturated rings. The first kappa shape index (κ1) is 25.9. The lowest BCUT2D eigenvalue weighted by molar-refractivity contribution is -0.146. The first-order chi connectivity index (χ1) is 16.5. The standard InChI is InChI=1S/C19H30FN6O8P/c1-5-29-16-13-15(24-18(21)25-16)26(8-22-13)17-19(4,20)14-11(34-17)7-31-35(28,32-9-30-14)23-6-12(27)33-10(2)3/h8,10-11,13-15,17H,5-7,9H2,1-4H3,(H2,21,24)(H,23,28)/t11-,13?,14?,15?,17-,19+,35?/m1/s1. The second-order valence-corrected chi connectivity index (χ2v) is 10.4. The molecule has 0 amide bonds. The second kappa shape index (κ2) is 10.1. The Morgan fingerprint density at radius 1 is 1.46 bits per heavy atom. The molecular weight excluding hydrogens is 490 g/mol. The normalized spacial score (nSPS) is 38.8. The molecule has 35 heavy (non-hydrogen) atoms. The molecule has 4 rings (SSSR count). The average Bonchev–Trinajstić information content (AvgIpc) is 3.27. The van der Waals surface area contributed by atoms with Gasteiger partial charge in [0.2, 0.25) is 11.9 Å². The number of halogens is 1. The molecule has 4 aliphatic heterocycles. The Labute approximate surface area is 201 Å². The highest BCUT2D eigenvalue weighted by molar-refractivity contribution is 7.51. The van der Waals surface area contributed by atoms with E-state index in [1.54, 1.807) is 20.8 Å². The average molecular weight is 520 g/mol. The Kier molecular flexibility index (Phi) is 7.46. The smallest absolute Gasteiger partial charge is 0.408 e. The molecule has 4 unspecified atom stereocenters. The van der Waals surface area contributed by atoms with Crippen LogP contribution < -0.4 is 10.8 Å². The van der Waals surface area contributed by atoms with Crippen molar-refractivity contribution in [2.24, 2.45) is 20.7 Å². The molecule has 14 nitrogen and oxygen atoms in total. The third-order valence-electron chi connectivity index (χ3n) is 5.60. The summed E-state index contributed by atoms with van der Waals surface area (Å²) in [5.41, 5.74) is 3.77. The summed E-state index contributed by atoms with van der Waals surface area (Å²) in [6, 6.07) is -0.606. The number of carbonyl (C=O) groups is 1. The molecule has 4 heterocycles. The number of fused-ring (bicyclic) bond motifs is 2. The van der Waals surface area contributed by atoms with Crippen molar-refractivity contribution < 1.29 is 41.7 Å². The Hall–Kier alpha value is -2.16. The summed E-state index contributed by atoms with van der Waals surface area (Å²) in [5, 5.41) is 2.41. The van der Waals surface area contributed by atoms with Gasteiger partial charge in [0.05, 0.1) is 25.7 Å². The number of ether oxygens (including phenoxy) is 4. The monoisotopic (exact) mass is 520 g/mol. The molecule has 7 atom stereocenters. The van der Waals surface area contributed by atoms with Crippen LogP contribution in [0.25, 0.3) is 0 Å². The van der Waals surface area contributed by atoms with Crippen LogP contribution in [0.1, 0.15) is 27.7 Å². The molecule has 0 bridgehead atoms. The molecule has 0 saturated carbocycles. The first-order valence-corrected chi connectivity index (χ1v) is 12.7. The summed E-state index contributed by atoms with van der Waals surface area (Å²) >= 11 is 0. The van der Waals surface area contributed by atoms with Crippen LogP contribution in [0.5, 0.6) is 0 Å². The van der Waals surface area contributed by atoms with Gasteiger partial charge in [-0.15, -0.1) is 0 Å². The number of guanidine groups is 1. The molecule has 0 radical (unpaired) electrons. The summed E-state index contributed by atoms with van der Waals surface area (Å²) in [4.78, 5) is 26.0. The van der Waals surface area contributed by atoms with Crippen molar-refractivity contribution in [3.05, 3.63) is 0 Å². The predicted octanol–water partition coefficient (Wildman–Crippen LogP) is 0.280. The number of carbonyl (C=O) groups excluding carboxylic acids is 1. The Balaban J connectivity index is 1.44. The minimum absolute atomic E-state index is 0.0224. The number of nitrogens with zero attached hydrogens (tertiary/aromatic N) is 4. The van der Waals surface area contributed by atoms with Crippen molar-refractivity contribution in [2.45, 2.75) is 70.1 Å². The van der Waals surface area contributed by atoms with E-state index in [4.69, 9.17) is 33.7 Å². The molecule has 0 spiro atoms. The maximum absolute atomic E-state index is 16.1. The number of esters is 1. The molecule has 0 aromatic carbocycles. The highest BCUT2D eigenvalue weighted by Crippen LogP contribution is 2.48. The number of nitrogens with two attached hydrogens (primary N) is 1. The molecule has 0 aromatic heterocycles. The van der Waals surface area contributed by atoms with Gasteiger partial charge in [0.1, 0.15) is 18.8 Å². The molecule has 3 N–H and O–H groups in total. The van der Waals surface area contributed by atoms with E-state index in [9.17, 15) is 9.36 Å². The topological polar surface area (TPSA) is 168 Å². The fourth-order valence-corrected chi connectivity index (χ4v) is 5.29. The molecule has 0 aromatic rings. The van der Waals surface area contributed by atoms with E-state index in [1.165, 1.54) is 18.2 Å². The van der Waals surface area contributed by atoms with Crippen molar-refractivity contribution in [2.75, 3.05) is 26.6 Å². The van der Waals surface area contributed by atoms with Gasteiger partial charge in [-0.3, -0.25) is 18.8 Å². The maximum atomic E-state index is 16.1. The Morgan fingerprint density at radius 2 is 2.23 bits per heavy atom. The number of hydrogen-bond acceptors (Lipinski definition) is 13. The predicted molar refractivity (Wildman–Crippen MR) is 120 cm³/mol. The van der Waals surface area contributed by atoms with Gasteiger partial charge in [0.15, 0.2) is 30.9 Å². The summed E-state index contributed by atoms with van der Waals surface area (Å²) in [6.45, 7) is 5.53. The maximum Gasteiger partial charge on any atom is 0.408 e. The number of hydrogen-bond donors (Lipinski definition) is 2.